The van der Waals surface area contributed by atoms with Gasteiger partial charge in [0.15, 0.2) is 17.5 Å². The van der Waals surface area contributed by atoms with Crippen LogP contribution in [0.2, 0.25) is 0 Å². The Labute approximate surface area is 259 Å². The molecule has 7 fully saturated rings. The van der Waals surface area contributed by atoms with Crippen LogP contribution in [0.3, 0.4) is 0 Å². The first-order valence-corrected chi connectivity index (χ1v) is 16.8. The molecule has 7 aliphatic carbocycles. The fourth-order valence-corrected chi connectivity index (χ4v) is 11.3. The van der Waals surface area contributed by atoms with Gasteiger partial charge in [-0.3, -0.25) is 0 Å². The van der Waals surface area contributed by atoms with Gasteiger partial charge in [-0.25, -0.2) is 15.0 Å². The summed E-state index contributed by atoms with van der Waals surface area (Å²) in [6.07, 6.45) is 9.02. The minimum atomic E-state index is 0.418. The van der Waals surface area contributed by atoms with Gasteiger partial charge in [0, 0.05) is 22.1 Å². The van der Waals surface area contributed by atoms with Gasteiger partial charge in [-0.1, -0.05) is 103 Å². The molecule has 0 aliphatic heterocycles. The third kappa shape index (κ3) is 3.65. The summed E-state index contributed by atoms with van der Waals surface area (Å²) in [5, 5.41) is 0. The van der Waals surface area contributed by atoms with Crippen molar-refractivity contribution in [3.8, 4) is 45.3 Å². The molecule has 3 nitrogen and oxygen atoms in total. The minimum absolute atomic E-state index is 0.418. The van der Waals surface area contributed by atoms with Gasteiger partial charge in [0.05, 0.1) is 0 Å². The third-order valence-electron chi connectivity index (χ3n) is 12.6. The van der Waals surface area contributed by atoms with Gasteiger partial charge >= 0.3 is 0 Å². The van der Waals surface area contributed by atoms with Gasteiger partial charge in [0.2, 0.25) is 0 Å². The van der Waals surface area contributed by atoms with Crippen molar-refractivity contribution in [2.45, 2.75) is 43.9 Å². The van der Waals surface area contributed by atoms with Gasteiger partial charge in [0.25, 0.3) is 0 Å². The van der Waals surface area contributed by atoms with E-state index in [4.69, 9.17) is 15.0 Å². The molecule has 4 aromatic carbocycles. The molecule has 0 spiro atoms. The lowest BCUT2D eigenvalue weighted by Gasteiger charge is -2.74. The largest absolute Gasteiger partial charge is 0.208 e. The molecule has 216 valence electrons. The smallest absolute Gasteiger partial charge is 0.164 e. The van der Waals surface area contributed by atoms with E-state index in [1.54, 1.807) is 12.0 Å². The van der Waals surface area contributed by atoms with Gasteiger partial charge in [-0.2, -0.15) is 0 Å². The Hall–Kier alpha value is -4.11. The first kappa shape index (κ1) is 25.2. The second kappa shape index (κ2) is 9.44. The predicted molar refractivity (Wildman–Crippen MR) is 175 cm³/mol. The predicted octanol–water partition coefficient (Wildman–Crippen LogP) is 9.50. The molecule has 1 aromatic heterocycles. The van der Waals surface area contributed by atoms with Crippen LogP contribution in [0.1, 0.15) is 44.1 Å². The van der Waals surface area contributed by atoms with Gasteiger partial charge in [0.1, 0.15) is 0 Å². The maximum absolute atomic E-state index is 5.01. The lowest BCUT2D eigenvalue weighted by molar-refractivity contribution is -0.220. The molecule has 7 aliphatic rings. The number of hydrogen-bond acceptors (Lipinski definition) is 3. The van der Waals surface area contributed by atoms with Gasteiger partial charge in [-0.05, 0) is 103 Å². The summed E-state index contributed by atoms with van der Waals surface area (Å²) in [4.78, 5) is 14.9. The average Bonchev–Trinajstić information content (AvgIpc) is 3.11. The fourth-order valence-electron chi connectivity index (χ4n) is 11.3. The maximum Gasteiger partial charge on any atom is 0.164 e. The Balaban J connectivity index is 1.06. The highest BCUT2D eigenvalue weighted by Crippen LogP contribution is 2.76. The summed E-state index contributed by atoms with van der Waals surface area (Å²) in [6.45, 7) is 0. The van der Waals surface area contributed by atoms with Crippen molar-refractivity contribution in [3.63, 3.8) is 0 Å². The lowest BCUT2D eigenvalue weighted by atomic mass is 9.30. The van der Waals surface area contributed by atoms with E-state index in [2.05, 4.69) is 72.8 Å². The highest BCUT2D eigenvalue weighted by Gasteiger charge is 2.70. The number of rotatable bonds is 5. The van der Waals surface area contributed by atoms with Gasteiger partial charge < -0.3 is 0 Å². The van der Waals surface area contributed by atoms with Crippen LogP contribution in [0.5, 0.6) is 0 Å². The van der Waals surface area contributed by atoms with E-state index < -0.39 is 0 Å². The second-order valence-corrected chi connectivity index (χ2v) is 14.6. The van der Waals surface area contributed by atoms with E-state index in [9.17, 15) is 0 Å². The monoisotopic (exact) mass is 571 g/mol. The number of benzene rings is 4. The van der Waals surface area contributed by atoms with Crippen molar-refractivity contribution in [1.29, 1.82) is 0 Å². The summed E-state index contributed by atoms with van der Waals surface area (Å²) in [6, 6.07) is 39.1. The Morgan fingerprint density at radius 1 is 0.432 bits per heavy atom. The van der Waals surface area contributed by atoms with E-state index in [1.807, 2.05) is 36.4 Å². The number of aromatic nitrogens is 3. The van der Waals surface area contributed by atoms with Crippen LogP contribution in [-0.2, 0) is 5.41 Å². The van der Waals surface area contributed by atoms with E-state index >= 15 is 0 Å². The molecule has 4 unspecified atom stereocenters. The first-order valence-electron chi connectivity index (χ1n) is 16.8. The molecule has 1 heterocycles. The minimum Gasteiger partial charge on any atom is -0.208 e. The van der Waals surface area contributed by atoms with Crippen LogP contribution in [0, 0.1) is 41.4 Å². The molecular weight excluding hydrogens is 534 g/mol. The van der Waals surface area contributed by atoms with Crippen LogP contribution in [0.4, 0.5) is 0 Å². The summed E-state index contributed by atoms with van der Waals surface area (Å²) in [5.41, 5.74) is 7.64. The third-order valence-corrected chi connectivity index (χ3v) is 12.6. The van der Waals surface area contributed by atoms with E-state index in [0.29, 0.717) is 22.9 Å². The molecule has 8 bridgehead atoms. The lowest BCUT2D eigenvalue weighted by Crippen LogP contribution is -2.69. The summed E-state index contributed by atoms with van der Waals surface area (Å²) < 4.78 is 0. The molecule has 0 radical (unpaired) electrons. The van der Waals surface area contributed by atoms with Crippen LogP contribution in [0.15, 0.2) is 109 Å². The van der Waals surface area contributed by atoms with Crippen LogP contribution in [0.25, 0.3) is 45.3 Å². The molecule has 44 heavy (non-hydrogen) atoms. The average molecular weight is 572 g/mol. The normalized spacial score (nSPS) is 32.3. The molecular formula is C41H37N3. The SMILES string of the molecule is c1ccc(-c2nc(-c3ccccc3)nc(-c3cccc(-c4cccc(C56CC7CC8C9CC(CC85)CC6C9C7)c4)c3)n2)cc1. The Bertz CT molecular complexity index is 1800. The molecule has 0 amide bonds. The molecule has 7 saturated carbocycles. The first-order chi connectivity index (χ1) is 21.7. The quantitative estimate of drug-likeness (QED) is 0.211. The van der Waals surface area contributed by atoms with Gasteiger partial charge in [-0.15, -0.1) is 0 Å². The maximum atomic E-state index is 5.01. The van der Waals surface area contributed by atoms with Crippen molar-refractivity contribution in [2.75, 3.05) is 0 Å². The highest BCUT2D eigenvalue weighted by atomic mass is 15.0. The van der Waals surface area contributed by atoms with Crippen molar-refractivity contribution in [3.05, 3.63) is 115 Å². The number of nitrogens with zero attached hydrogens (tertiary/aromatic N) is 3. The molecule has 5 aromatic rings. The van der Waals surface area contributed by atoms with Crippen molar-refractivity contribution in [2.24, 2.45) is 41.4 Å². The molecule has 0 N–H and O–H groups in total. The zero-order valence-corrected chi connectivity index (χ0v) is 25.0. The van der Waals surface area contributed by atoms with E-state index in [1.165, 1.54) is 43.2 Å². The number of hydrogen-bond donors (Lipinski definition) is 0. The van der Waals surface area contributed by atoms with E-state index in [-0.39, 0.29) is 0 Å². The van der Waals surface area contributed by atoms with Crippen molar-refractivity contribution in [1.82, 2.24) is 15.0 Å². The summed E-state index contributed by atoms with van der Waals surface area (Å²) in [5.74, 6) is 8.94. The molecule has 12 rings (SSSR count). The summed E-state index contributed by atoms with van der Waals surface area (Å²) in [7, 11) is 0. The topological polar surface area (TPSA) is 38.7 Å². The van der Waals surface area contributed by atoms with Crippen LogP contribution < -0.4 is 0 Å². The molecule has 0 saturated heterocycles. The zero-order chi connectivity index (χ0) is 28.8. The van der Waals surface area contributed by atoms with Crippen molar-refractivity contribution < 1.29 is 0 Å². The molecule has 4 atom stereocenters. The Morgan fingerprint density at radius 3 is 1.57 bits per heavy atom. The van der Waals surface area contributed by atoms with Crippen LogP contribution in [-0.4, -0.2) is 15.0 Å². The standard InChI is InChI=1S/C41H37N3/c1-3-9-27(10-4-1)38-42-39(28-11-5-2-6-12-28)44-40(43-38)31-15-7-13-29(22-31)30-14-8-16-32(23-30)41-24-26-18-34-33-17-25(20-36(34)41)21-37(41)35(33)19-26/h1-16,22-23,25-26,33-37H,17-21,24H2. The zero-order valence-electron chi connectivity index (χ0n) is 25.0. The molecule has 3 heteroatoms. The fraction of sp³-hybridized carbons (Fsp3) is 0.341. The second-order valence-electron chi connectivity index (χ2n) is 14.6. The summed E-state index contributed by atoms with van der Waals surface area (Å²) >= 11 is 0. The van der Waals surface area contributed by atoms with Crippen molar-refractivity contribution >= 4 is 0 Å². The Kier molecular flexibility index (Phi) is 5.42. The van der Waals surface area contributed by atoms with E-state index in [0.717, 1.165) is 58.1 Å². The highest BCUT2D eigenvalue weighted by molar-refractivity contribution is 5.73. The van der Waals surface area contributed by atoms with Crippen LogP contribution >= 0.6 is 0 Å². The Morgan fingerprint density at radius 2 is 0.932 bits per heavy atom.